The normalized spacial score (nSPS) is 16.4. The molecule has 2 aromatic heterocycles. The van der Waals surface area contributed by atoms with Crippen molar-refractivity contribution >= 4 is 45.5 Å². The molecule has 136 valence electrons. The third-order valence-electron chi connectivity index (χ3n) is 4.26. The maximum Gasteiger partial charge on any atom is 0.257 e. The number of imide groups is 1. The summed E-state index contributed by atoms with van der Waals surface area (Å²) < 4.78 is 0. The van der Waals surface area contributed by atoms with Gasteiger partial charge in [0, 0.05) is 17.4 Å². The van der Waals surface area contributed by atoms with E-state index < -0.39 is 0 Å². The lowest BCUT2D eigenvalue weighted by molar-refractivity contribution is -0.125. The average molecular weight is 397 g/mol. The smallest absolute Gasteiger partial charge is 0.257 e. The molecule has 0 radical (unpaired) electrons. The first-order valence-corrected chi connectivity index (χ1v) is 10.1. The van der Waals surface area contributed by atoms with Gasteiger partial charge in [0.25, 0.3) is 5.91 Å². The van der Waals surface area contributed by atoms with Gasteiger partial charge < -0.3 is 0 Å². The summed E-state index contributed by atoms with van der Waals surface area (Å²) in [6.45, 7) is 0. The van der Waals surface area contributed by atoms with Gasteiger partial charge in [-0.05, 0) is 35.6 Å². The Kier molecular flexibility index (Phi) is 4.83. The number of hydrogen-bond donors (Lipinski definition) is 2. The van der Waals surface area contributed by atoms with Gasteiger partial charge in [0.1, 0.15) is 0 Å². The summed E-state index contributed by atoms with van der Waals surface area (Å²) in [5.41, 5.74) is 2.28. The van der Waals surface area contributed by atoms with Crippen molar-refractivity contribution in [1.29, 1.82) is 0 Å². The van der Waals surface area contributed by atoms with Gasteiger partial charge in [-0.15, -0.1) is 22.7 Å². The highest BCUT2D eigenvalue weighted by Gasteiger charge is 2.30. The minimum Gasteiger partial charge on any atom is -0.298 e. The molecule has 4 rings (SSSR count). The van der Waals surface area contributed by atoms with Crippen LogP contribution in [0.25, 0.3) is 10.6 Å². The number of carbonyl (C=O) groups is 3. The minimum absolute atomic E-state index is 0.220. The Morgan fingerprint density at radius 1 is 1.19 bits per heavy atom. The summed E-state index contributed by atoms with van der Waals surface area (Å²) in [4.78, 5) is 40.8. The van der Waals surface area contributed by atoms with Crippen molar-refractivity contribution in [3.63, 3.8) is 0 Å². The maximum atomic E-state index is 12.4. The van der Waals surface area contributed by atoms with Crippen LogP contribution in [0, 0.1) is 5.92 Å². The Morgan fingerprint density at radius 3 is 2.67 bits per heavy atom. The number of thiazole rings is 1. The number of anilines is 1. The van der Waals surface area contributed by atoms with E-state index in [1.807, 2.05) is 35.0 Å². The van der Waals surface area contributed by atoms with Crippen LogP contribution in [0.5, 0.6) is 0 Å². The summed E-state index contributed by atoms with van der Waals surface area (Å²) in [5, 5.41) is 9.57. The molecule has 1 atom stereocenters. The molecule has 2 N–H and O–H groups in total. The summed E-state index contributed by atoms with van der Waals surface area (Å²) >= 11 is 2.98. The van der Waals surface area contributed by atoms with E-state index in [-0.39, 0.29) is 30.1 Å². The summed E-state index contributed by atoms with van der Waals surface area (Å²) in [6.07, 6.45) is 0.702. The Balaban J connectivity index is 1.39. The fourth-order valence-electron chi connectivity index (χ4n) is 2.89. The van der Waals surface area contributed by atoms with Crippen molar-refractivity contribution in [2.24, 2.45) is 5.92 Å². The number of aromatic nitrogens is 1. The van der Waals surface area contributed by atoms with Crippen LogP contribution in [0.2, 0.25) is 0 Å². The monoisotopic (exact) mass is 397 g/mol. The minimum atomic E-state index is -0.330. The van der Waals surface area contributed by atoms with Crippen LogP contribution in [-0.2, 0) is 16.0 Å². The molecule has 0 unspecified atom stereocenters. The Morgan fingerprint density at radius 2 is 2.00 bits per heavy atom. The molecule has 0 aliphatic carbocycles. The van der Waals surface area contributed by atoms with Crippen LogP contribution in [0.1, 0.15) is 22.3 Å². The Bertz CT molecular complexity index is 994. The second-order valence-corrected chi connectivity index (χ2v) is 7.99. The molecule has 0 spiro atoms. The molecule has 1 fully saturated rings. The number of amides is 3. The van der Waals surface area contributed by atoms with Crippen LogP contribution in [-0.4, -0.2) is 22.7 Å². The second kappa shape index (κ2) is 7.42. The lowest BCUT2D eigenvalue weighted by atomic mass is 9.97. The van der Waals surface area contributed by atoms with Crippen molar-refractivity contribution in [2.75, 3.05) is 5.32 Å². The quantitative estimate of drug-likeness (QED) is 0.647. The first-order valence-electron chi connectivity index (χ1n) is 8.32. The largest absolute Gasteiger partial charge is 0.298 e. The van der Waals surface area contributed by atoms with Gasteiger partial charge in [0.05, 0.1) is 16.5 Å². The average Bonchev–Trinajstić information content (AvgIpc) is 3.38. The third-order valence-corrected chi connectivity index (χ3v) is 5.91. The van der Waals surface area contributed by atoms with E-state index >= 15 is 0 Å². The molecule has 1 aliphatic heterocycles. The molecule has 6 nitrogen and oxygen atoms in total. The van der Waals surface area contributed by atoms with Gasteiger partial charge in [0.2, 0.25) is 11.8 Å². The molecule has 27 heavy (non-hydrogen) atoms. The Hall–Kier alpha value is -2.84. The summed E-state index contributed by atoms with van der Waals surface area (Å²) in [7, 11) is 0. The SMILES string of the molecule is O=C1C[C@@H](Cc2ccc(C(=O)Nc3nc(-c4cccs4)cs3)cc2)C(=O)N1. The van der Waals surface area contributed by atoms with Gasteiger partial charge >= 0.3 is 0 Å². The highest BCUT2D eigenvalue weighted by molar-refractivity contribution is 7.16. The Labute approximate surface area is 163 Å². The van der Waals surface area contributed by atoms with E-state index in [4.69, 9.17) is 0 Å². The zero-order valence-electron chi connectivity index (χ0n) is 14.1. The van der Waals surface area contributed by atoms with E-state index in [9.17, 15) is 14.4 Å². The molecular weight excluding hydrogens is 382 g/mol. The van der Waals surface area contributed by atoms with E-state index in [0.29, 0.717) is 17.1 Å². The van der Waals surface area contributed by atoms with Crippen LogP contribution >= 0.6 is 22.7 Å². The highest BCUT2D eigenvalue weighted by Crippen LogP contribution is 2.28. The van der Waals surface area contributed by atoms with Crippen LogP contribution in [0.3, 0.4) is 0 Å². The van der Waals surface area contributed by atoms with Gasteiger partial charge in [-0.2, -0.15) is 0 Å². The molecule has 0 bridgehead atoms. The number of carbonyl (C=O) groups excluding carboxylic acids is 3. The molecule has 1 saturated heterocycles. The number of rotatable bonds is 5. The van der Waals surface area contributed by atoms with E-state index in [1.165, 1.54) is 11.3 Å². The fourth-order valence-corrected chi connectivity index (χ4v) is 4.35. The highest BCUT2D eigenvalue weighted by atomic mass is 32.1. The number of nitrogens with one attached hydrogen (secondary N) is 2. The fraction of sp³-hybridized carbons (Fsp3) is 0.158. The number of hydrogen-bond acceptors (Lipinski definition) is 6. The number of nitrogens with zero attached hydrogens (tertiary/aromatic N) is 1. The first-order chi connectivity index (χ1) is 13.1. The molecule has 8 heteroatoms. The van der Waals surface area contributed by atoms with Crippen molar-refractivity contribution in [3.8, 4) is 10.6 Å². The predicted molar refractivity (Wildman–Crippen MR) is 105 cm³/mol. The predicted octanol–water partition coefficient (Wildman–Crippen LogP) is 3.33. The first kappa shape index (κ1) is 17.6. The summed E-state index contributed by atoms with van der Waals surface area (Å²) in [6, 6.07) is 11.0. The van der Waals surface area contributed by atoms with Gasteiger partial charge in [-0.3, -0.25) is 25.0 Å². The summed E-state index contributed by atoms with van der Waals surface area (Å²) in [5.74, 6) is -1.02. The molecule has 3 aromatic rings. The van der Waals surface area contributed by atoms with Gasteiger partial charge in [0.15, 0.2) is 5.13 Å². The van der Waals surface area contributed by atoms with Crippen LogP contribution < -0.4 is 10.6 Å². The zero-order chi connectivity index (χ0) is 18.8. The molecule has 1 aliphatic rings. The molecule has 1 aromatic carbocycles. The van der Waals surface area contributed by atoms with Gasteiger partial charge in [-0.25, -0.2) is 4.98 Å². The van der Waals surface area contributed by atoms with Crippen molar-refractivity contribution < 1.29 is 14.4 Å². The van der Waals surface area contributed by atoms with Crippen LogP contribution in [0.4, 0.5) is 5.13 Å². The molecule has 0 saturated carbocycles. The zero-order valence-corrected chi connectivity index (χ0v) is 15.7. The molecule has 3 heterocycles. The van der Waals surface area contributed by atoms with E-state index in [0.717, 1.165) is 16.1 Å². The topological polar surface area (TPSA) is 88.2 Å². The number of benzene rings is 1. The molecule has 3 amide bonds. The lowest BCUT2D eigenvalue weighted by Crippen LogP contribution is -2.22. The lowest BCUT2D eigenvalue weighted by Gasteiger charge is -2.07. The van der Waals surface area contributed by atoms with Gasteiger partial charge in [-0.1, -0.05) is 18.2 Å². The number of thiophene rings is 1. The van der Waals surface area contributed by atoms with E-state index in [1.54, 1.807) is 23.5 Å². The van der Waals surface area contributed by atoms with Crippen LogP contribution in [0.15, 0.2) is 47.2 Å². The van der Waals surface area contributed by atoms with Crippen molar-refractivity contribution in [1.82, 2.24) is 10.3 Å². The molecular formula is C19H15N3O3S2. The standard InChI is InChI=1S/C19H15N3O3S2/c23-16-9-13(18(25)21-16)8-11-3-5-12(6-4-11)17(24)22-19-20-14(10-27-19)15-2-1-7-26-15/h1-7,10,13H,8-9H2,(H,20,22,24)(H,21,23,25)/t13-/m1/s1. The maximum absolute atomic E-state index is 12.4. The van der Waals surface area contributed by atoms with E-state index in [2.05, 4.69) is 15.6 Å². The second-order valence-electron chi connectivity index (χ2n) is 6.18. The van der Waals surface area contributed by atoms with Crippen molar-refractivity contribution in [3.05, 3.63) is 58.3 Å². The van der Waals surface area contributed by atoms with Crippen molar-refractivity contribution in [2.45, 2.75) is 12.8 Å². The third kappa shape index (κ3) is 3.96.